The lowest BCUT2D eigenvalue weighted by Gasteiger charge is -2.08. The fourth-order valence-corrected chi connectivity index (χ4v) is 2.18. The minimum Gasteiger partial charge on any atom is -0.496 e. The molecule has 0 unspecified atom stereocenters. The van der Waals surface area contributed by atoms with Gasteiger partial charge in [-0.15, -0.1) is 0 Å². The summed E-state index contributed by atoms with van der Waals surface area (Å²) in [5.74, 6) is 0.943. The van der Waals surface area contributed by atoms with E-state index in [1.807, 2.05) is 18.2 Å². The van der Waals surface area contributed by atoms with Crippen LogP contribution in [0.3, 0.4) is 0 Å². The van der Waals surface area contributed by atoms with Crippen LogP contribution in [0.4, 0.5) is 0 Å². The second-order valence-corrected chi connectivity index (χ2v) is 4.67. The van der Waals surface area contributed by atoms with Crippen LogP contribution in [0.5, 0.6) is 5.75 Å². The normalized spacial score (nSPS) is 10.6. The van der Waals surface area contributed by atoms with E-state index in [1.54, 1.807) is 7.11 Å². The second kappa shape index (κ2) is 7.00. The molecule has 0 saturated carbocycles. The first-order valence-electron chi connectivity index (χ1n) is 6.80. The molecule has 2 aromatic rings. The van der Waals surface area contributed by atoms with Gasteiger partial charge >= 0.3 is 0 Å². The molecule has 0 saturated heterocycles. The monoisotopic (exact) mass is 258 g/mol. The van der Waals surface area contributed by atoms with Crippen LogP contribution in [-0.2, 0) is 19.6 Å². The van der Waals surface area contributed by atoms with Crippen molar-refractivity contribution in [1.29, 1.82) is 0 Å². The SMILES string of the molecule is CCCn1ccc(CNCc2ccccc2OC)c1. The summed E-state index contributed by atoms with van der Waals surface area (Å²) in [4.78, 5) is 0. The first-order chi connectivity index (χ1) is 9.33. The van der Waals surface area contributed by atoms with Crippen molar-refractivity contribution in [3.63, 3.8) is 0 Å². The molecule has 0 bridgehead atoms. The molecule has 2 rings (SSSR count). The number of aromatic nitrogens is 1. The molecule has 0 aliphatic carbocycles. The lowest BCUT2D eigenvalue weighted by atomic mass is 10.2. The maximum Gasteiger partial charge on any atom is 0.123 e. The van der Waals surface area contributed by atoms with Gasteiger partial charge in [-0.2, -0.15) is 0 Å². The lowest BCUT2D eigenvalue weighted by Crippen LogP contribution is -2.13. The molecule has 1 aromatic carbocycles. The Bertz CT molecular complexity index is 505. The number of para-hydroxylation sites is 1. The van der Waals surface area contributed by atoms with Gasteiger partial charge in [0.2, 0.25) is 0 Å². The number of nitrogens with zero attached hydrogens (tertiary/aromatic N) is 1. The summed E-state index contributed by atoms with van der Waals surface area (Å²) in [5, 5.41) is 3.45. The maximum atomic E-state index is 5.34. The van der Waals surface area contributed by atoms with E-state index in [1.165, 1.54) is 17.5 Å². The highest BCUT2D eigenvalue weighted by Gasteiger charge is 2.01. The molecule has 3 nitrogen and oxygen atoms in total. The van der Waals surface area contributed by atoms with E-state index in [-0.39, 0.29) is 0 Å². The van der Waals surface area contributed by atoms with Crippen LogP contribution in [0.25, 0.3) is 0 Å². The zero-order chi connectivity index (χ0) is 13.5. The Morgan fingerprint density at radius 2 is 2.00 bits per heavy atom. The molecule has 1 heterocycles. The van der Waals surface area contributed by atoms with E-state index in [0.29, 0.717) is 0 Å². The highest BCUT2D eigenvalue weighted by molar-refractivity contribution is 5.33. The third-order valence-corrected chi connectivity index (χ3v) is 3.13. The largest absolute Gasteiger partial charge is 0.496 e. The van der Waals surface area contributed by atoms with Crippen LogP contribution in [-0.4, -0.2) is 11.7 Å². The van der Waals surface area contributed by atoms with Gasteiger partial charge in [0.15, 0.2) is 0 Å². The lowest BCUT2D eigenvalue weighted by molar-refractivity contribution is 0.407. The summed E-state index contributed by atoms with van der Waals surface area (Å²) < 4.78 is 7.58. The van der Waals surface area contributed by atoms with Gasteiger partial charge in [-0.05, 0) is 24.1 Å². The van der Waals surface area contributed by atoms with Gasteiger partial charge in [0.05, 0.1) is 7.11 Å². The number of rotatable bonds is 7. The Morgan fingerprint density at radius 3 is 2.79 bits per heavy atom. The van der Waals surface area contributed by atoms with E-state index in [4.69, 9.17) is 4.74 Å². The third-order valence-electron chi connectivity index (χ3n) is 3.13. The molecule has 0 amide bonds. The summed E-state index contributed by atoms with van der Waals surface area (Å²) in [5.41, 5.74) is 2.52. The van der Waals surface area contributed by atoms with Crippen LogP contribution in [0.2, 0.25) is 0 Å². The number of ether oxygens (including phenoxy) is 1. The predicted molar refractivity (Wildman–Crippen MR) is 78.3 cm³/mol. The van der Waals surface area contributed by atoms with Gasteiger partial charge in [0, 0.05) is 37.6 Å². The summed E-state index contributed by atoms with van der Waals surface area (Å²) in [6.45, 7) is 4.99. The fourth-order valence-electron chi connectivity index (χ4n) is 2.18. The first-order valence-corrected chi connectivity index (χ1v) is 6.80. The fraction of sp³-hybridized carbons (Fsp3) is 0.375. The summed E-state index contributed by atoms with van der Waals surface area (Å²) >= 11 is 0. The van der Waals surface area contributed by atoms with Crippen molar-refractivity contribution in [3.05, 3.63) is 53.9 Å². The maximum absolute atomic E-state index is 5.34. The van der Waals surface area contributed by atoms with E-state index >= 15 is 0 Å². The average molecular weight is 258 g/mol. The second-order valence-electron chi connectivity index (χ2n) is 4.67. The first kappa shape index (κ1) is 13.7. The molecule has 0 radical (unpaired) electrons. The summed E-state index contributed by atoms with van der Waals surface area (Å²) in [7, 11) is 1.71. The smallest absolute Gasteiger partial charge is 0.123 e. The quantitative estimate of drug-likeness (QED) is 0.825. The molecule has 0 aliphatic heterocycles. The van der Waals surface area contributed by atoms with Gasteiger partial charge in [-0.1, -0.05) is 25.1 Å². The van der Waals surface area contributed by atoms with E-state index in [2.05, 4.69) is 41.3 Å². The van der Waals surface area contributed by atoms with E-state index < -0.39 is 0 Å². The third kappa shape index (κ3) is 3.86. The Labute approximate surface area is 115 Å². The van der Waals surface area contributed by atoms with Crippen LogP contribution in [0.15, 0.2) is 42.7 Å². The van der Waals surface area contributed by atoms with Gasteiger partial charge in [0.1, 0.15) is 5.75 Å². The van der Waals surface area contributed by atoms with Crippen LogP contribution in [0, 0.1) is 0 Å². The number of aryl methyl sites for hydroxylation is 1. The van der Waals surface area contributed by atoms with Gasteiger partial charge in [0.25, 0.3) is 0 Å². The molecule has 102 valence electrons. The minimum atomic E-state index is 0.822. The Hall–Kier alpha value is -1.74. The number of hydrogen-bond acceptors (Lipinski definition) is 2. The van der Waals surface area contributed by atoms with E-state index in [0.717, 1.165) is 25.4 Å². The van der Waals surface area contributed by atoms with Crippen molar-refractivity contribution < 1.29 is 4.74 Å². The highest BCUT2D eigenvalue weighted by Crippen LogP contribution is 2.16. The van der Waals surface area contributed by atoms with Crippen molar-refractivity contribution in [2.45, 2.75) is 33.0 Å². The van der Waals surface area contributed by atoms with Crippen molar-refractivity contribution in [2.24, 2.45) is 0 Å². The standard InChI is InChI=1S/C16H22N2O/c1-3-9-18-10-8-14(13-18)11-17-12-15-6-4-5-7-16(15)19-2/h4-8,10,13,17H,3,9,11-12H2,1-2H3. The zero-order valence-corrected chi connectivity index (χ0v) is 11.7. The van der Waals surface area contributed by atoms with Gasteiger partial charge < -0.3 is 14.6 Å². The molecule has 1 aromatic heterocycles. The summed E-state index contributed by atoms with van der Waals surface area (Å²) in [6, 6.07) is 10.3. The van der Waals surface area contributed by atoms with Crippen LogP contribution >= 0.6 is 0 Å². The molecule has 19 heavy (non-hydrogen) atoms. The molecule has 0 fully saturated rings. The predicted octanol–water partition coefficient (Wildman–Crippen LogP) is 3.20. The molecule has 0 aliphatic rings. The molecular formula is C16H22N2O. The highest BCUT2D eigenvalue weighted by atomic mass is 16.5. The molecular weight excluding hydrogens is 236 g/mol. The summed E-state index contributed by atoms with van der Waals surface area (Å²) in [6.07, 6.45) is 5.52. The molecule has 3 heteroatoms. The van der Waals surface area contributed by atoms with Crippen molar-refractivity contribution in [2.75, 3.05) is 7.11 Å². The zero-order valence-electron chi connectivity index (χ0n) is 11.7. The van der Waals surface area contributed by atoms with E-state index in [9.17, 15) is 0 Å². The number of nitrogens with one attached hydrogen (secondary N) is 1. The molecule has 0 atom stereocenters. The number of benzene rings is 1. The topological polar surface area (TPSA) is 26.2 Å². The Morgan fingerprint density at radius 1 is 1.16 bits per heavy atom. The number of hydrogen-bond donors (Lipinski definition) is 1. The minimum absolute atomic E-state index is 0.822. The van der Waals surface area contributed by atoms with Crippen LogP contribution < -0.4 is 10.1 Å². The average Bonchev–Trinajstić information content (AvgIpc) is 2.87. The van der Waals surface area contributed by atoms with Crippen molar-refractivity contribution in [3.8, 4) is 5.75 Å². The molecule has 1 N–H and O–H groups in total. The van der Waals surface area contributed by atoms with Crippen molar-refractivity contribution >= 4 is 0 Å². The van der Waals surface area contributed by atoms with Crippen LogP contribution in [0.1, 0.15) is 24.5 Å². The number of methoxy groups -OCH3 is 1. The molecule has 0 spiro atoms. The Kier molecular flexibility index (Phi) is 5.04. The van der Waals surface area contributed by atoms with Crippen molar-refractivity contribution in [1.82, 2.24) is 9.88 Å². The Balaban J connectivity index is 1.85. The van der Waals surface area contributed by atoms with Gasteiger partial charge in [-0.25, -0.2) is 0 Å². The van der Waals surface area contributed by atoms with Gasteiger partial charge in [-0.3, -0.25) is 0 Å².